The molecule has 0 heterocycles. The van der Waals surface area contributed by atoms with Crippen LogP contribution in [0.5, 0.6) is 0 Å². The van der Waals surface area contributed by atoms with Gasteiger partial charge in [-0.05, 0) is 12.0 Å². The van der Waals surface area contributed by atoms with Crippen LogP contribution in [-0.4, -0.2) is 33.9 Å². The van der Waals surface area contributed by atoms with Crippen molar-refractivity contribution in [1.29, 1.82) is 0 Å². The largest absolute Gasteiger partial charge is 0.356 e. The second-order valence-corrected chi connectivity index (χ2v) is 11.0. The topological polar surface area (TPSA) is 35.5 Å². The Hall–Kier alpha value is -0.193. The summed E-state index contributed by atoms with van der Waals surface area (Å²) in [6.45, 7) is 11.8. The Kier molecular flexibility index (Phi) is 7.05. The summed E-state index contributed by atoms with van der Waals surface area (Å²) in [6, 6.07) is 1.13. The highest BCUT2D eigenvalue weighted by Crippen LogP contribution is 2.08. The number of rotatable bonds is 8. The van der Waals surface area contributed by atoms with Crippen molar-refractivity contribution in [3.05, 3.63) is 0 Å². The quantitative estimate of drug-likeness (QED) is 0.279. The molecule has 0 saturated heterocycles. The summed E-state index contributed by atoms with van der Waals surface area (Å²) in [5, 5.41) is 0. The van der Waals surface area contributed by atoms with E-state index in [9.17, 15) is 4.79 Å². The first kappa shape index (κ1) is 14.8. The van der Waals surface area contributed by atoms with Gasteiger partial charge in [0.25, 0.3) is 0 Å². The van der Waals surface area contributed by atoms with Crippen LogP contribution in [0.3, 0.4) is 0 Å². The van der Waals surface area contributed by atoms with Crippen LogP contribution in [0.25, 0.3) is 0 Å². The number of hydrogen-bond acceptors (Lipinski definition) is 3. The summed E-state index contributed by atoms with van der Waals surface area (Å²) >= 11 is 0. The van der Waals surface area contributed by atoms with Crippen molar-refractivity contribution in [3.8, 4) is 0 Å². The predicted molar refractivity (Wildman–Crippen MR) is 64.7 cm³/mol. The molecule has 15 heavy (non-hydrogen) atoms. The molecule has 90 valence electrons. The zero-order valence-electron chi connectivity index (χ0n) is 10.6. The lowest BCUT2D eigenvalue weighted by molar-refractivity contribution is -0.134. The minimum Gasteiger partial charge on any atom is -0.356 e. The van der Waals surface area contributed by atoms with E-state index in [1.54, 1.807) is 0 Å². The summed E-state index contributed by atoms with van der Waals surface area (Å²) in [7, 11) is -1.01. The highest BCUT2D eigenvalue weighted by atomic mass is 28.3. The molecule has 0 rings (SSSR count). The molecule has 0 aromatic carbocycles. The molecule has 0 bridgehead atoms. The summed E-state index contributed by atoms with van der Waals surface area (Å²) in [5.74, 6) is 0.211. The van der Waals surface area contributed by atoms with E-state index in [4.69, 9.17) is 9.47 Å². The second kappa shape index (κ2) is 7.14. The molecule has 0 aliphatic carbocycles. The first-order valence-corrected chi connectivity index (χ1v) is 9.22. The summed E-state index contributed by atoms with van der Waals surface area (Å²) < 4.78 is 10.6. The molecule has 3 nitrogen and oxygen atoms in total. The van der Waals surface area contributed by atoms with Crippen molar-refractivity contribution >= 4 is 14.4 Å². The van der Waals surface area contributed by atoms with Crippen molar-refractivity contribution in [2.24, 2.45) is 5.92 Å². The second-order valence-electron chi connectivity index (χ2n) is 5.35. The molecular weight excluding hydrogens is 208 g/mol. The van der Waals surface area contributed by atoms with E-state index >= 15 is 0 Å². The van der Waals surface area contributed by atoms with Gasteiger partial charge in [0.1, 0.15) is 19.2 Å². The third kappa shape index (κ3) is 8.78. The Morgan fingerprint density at radius 3 is 2.27 bits per heavy atom. The minimum atomic E-state index is -1.01. The fourth-order valence-electron chi connectivity index (χ4n) is 0.953. The van der Waals surface area contributed by atoms with Crippen molar-refractivity contribution < 1.29 is 14.3 Å². The third-order valence-corrected chi connectivity index (χ3v) is 3.84. The number of ether oxygens (including phenoxy) is 2. The number of carbonyl (C=O) groups excluding carboxylic acids is 1. The average molecular weight is 232 g/mol. The minimum absolute atomic E-state index is 0.211. The van der Waals surface area contributed by atoms with Crippen LogP contribution in [0, 0.1) is 5.92 Å². The van der Waals surface area contributed by atoms with Crippen LogP contribution in [0.4, 0.5) is 0 Å². The van der Waals surface area contributed by atoms with E-state index in [1.807, 2.05) is 13.8 Å². The molecule has 0 N–H and O–H groups in total. The molecule has 0 aromatic heterocycles. The van der Waals surface area contributed by atoms with Crippen molar-refractivity contribution in [2.75, 3.05) is 13.4 Å². The normalized spacial score (nSPS) is 14.3. The molecule has 0 radical (unpaired) electrons. The van der Waals surface area contributed by atoms with Crippen LogP contribution in [0.1, 0.15) is 13.8 Å². The number of aldehydes is 1. The van der Waals surface area contributed by atoms with E-state index in [-0.39, 0.29) is 18.8 Å². The predicted octanol–water partition coefficient (Wildman–Crippen LogP) is 2.54. The lowest BCUT2D eigenvalue weighted by Gasteiger charge is -2.17. The fraction of sp³-hybridized carbons (Fsp3) is 0.909. The maximum Gasteiger partial charge on any atom is 0.149 e. The maximum atomic E-state index is 10.6. The van der Waals surface area contributed by atoms with E-state index in [2.05, 4.69) is 19.6 Å². The lowest BCUT2D eigenvalue weighted by Crippen LogP contribution is -2.25. The standard InChI is InChI=1S/C11H24O3Si/c1-10(2)11(8-12)14-9-13-6-7-15(3,4)5/h8,10-11H,6-7,9H2,1-5H3/t11-/m1/s1. The van der Waals surface area contributed by atoms with Gasteiger partial charge < -0.3 is 14.3 Å². The highest BCUT2D eigenvalue weighted by Gasteiger charge is 2.14. The summed E-state index contributed by atoms with van der Waals surface area (Å²) in [4.78, 5) is 10.6. The summed E-state index contributed by atoms with van der Waals surface area (Å²) in [6.07, 6.45) is 0.504. The van der Waals surface area contributed by atoms with Crippen molar-refractivity contribution in [1.82, 2.24) is 0 Å². The highest BCUT2D eigenvalue weighted by molar-refractivity contribution is 6.76. The molecular formula is C11H24O3Si. The van der Waals surface area contributed by atoms with E-state index in [0.717, 1.165) is 18.9 Å². The Morgan fingerprint density at radius 2 is 1.87 bits per heavy atom. The molecule has 0 unspecified atom stereocenters. The van der Waals surface area contributed by atoms with Gasteiger partial charge in [-0.3, -0.25) is 0 Å². The molecule has 0 aromatic rings. The maximum absolute atomic E-state index is 10.6. The van der Waals surface area contributed by atoms with Gasteiger partial charge in [-0.2, -0.15) is 0 Å². The van der Waals surface area contributed by atoms with Crippen LogP contribution in [0.2, 0.25) is 25.7 Å². The third-order valence-electron chi connectivity index (χ3n) is 2.13. The Morgan fingerprint density at radius 1 is 1.27 bits per heavy atom. The summed E-state index contributed by atoms with van der Waals surface area (Å²) in [5.41, 5.74) is 0. The molecule has 0 spiro atoms. The van der Waals surface area contributed by atoms with Gasteiger partial charge in [-0.15, -0.1) is 0 Å². The lowest BCUT2D eigenvalue weighted by atomic mass is 10.1. The van der Waals surface area contributed by atoms with E-state index in [1.165, 1.54) is 0 Å². The van der Waals surface area contributed by atoms with Gasteiger partial charge in [0.15, 0.2) is 0 Å². The molecule has 0 aliphatic rings. The molecule has 0 saturated carbocycles. The SMILES string of the molecule is CC(C)[C@@H](C=O)OCOCC[Si](C)(C)C. The molecule has 0 aliphatic heterocycles. The van der Waals surface area contributed by atoms with Gasteiger partial charge in [0.05, 0.1) is 0 Å². The monoisotopic (exact) mass is 232 g/mol. The van der Waals surface area contributed by atoms with Crippen LogP contribution < -0.4 is 0 Å². The van der Waals surface area contributed by atoms with Gasteiger partial charge in [-0.1, -0.05) is 33.5 Å². The first-order valence-electron chi connectivity index (χ1n) is 5.51. The van der Waals surface area contributed by atoms with E-state index < -0.39 is 8.07 Å². The van der Waals surface area contributed by atoms with Gasteiger partial charge in [-0.25, -0.2) is 0 Å². The van der Waals surface area contributed by atoms with Gasteiger partial charge in [0, 0.05) is 14.7 Å². The van der Waals surface area contributed by atoms with Crippen LogP contribution in [-0.2, 0) is 14.3 Å². The smallest absolute Gasteiger partial charge is 0.149 e. The molecule has 0 fully saturated rings. The zero-order chi connectivity index (χ0) is 11.9. The molecule has 0 amide bonds. The van der Waals surface area contributed by atoms with Crippen LogP contribution >= 0.6 is 0 Å². The van der Waals surface area contributed by atoms with Gasteiger partial charge in [0.2, 0.25) is 0 Å². The van der Waals surface area contributed by atoms with Crippen molar-refractivity contribution in [3.63, 3.8) is 0 Å². The molecule has 4 heteroatoms. The zero-order valence-corrected chi connectivity index (χ0v) is 11.6. The Labute approximate surface area is 94.2 Å². The average Bonchev–Trinajstić information content (AvgIpc) is 2.08. The molecule has 1 atom stereocenters. The first-order chi connectivity index (χ1) is 6.87. The number of hydrogen-bond donors (Lipinski definition) is 0. The van der Waals surface area contributed by atoms with Gasteiger partial charge >= 0.3 is 0 Å². The Balaban J connectivity index is 3.49. The fourth-order valence-corrected chi connectivity index (χ4v) is 1.71. The Bertz CT molecular complexity index is 175. The van der Waals surface area contributed by atoms with Crippen molar-refractivity contribution in [2.45, 2.75) is 45.6 Å². The van der Waals surface area contributed by atoms with E-state index in [0.29, 0.717) is 0 Å². The number of carbonyl (C=O) groups is 1. The van der Waals surface area contributed by atoms with Crippen LogP contribution in [0.15, 0.2) is 0 Å².